The van der Waals surface area contributed by atoms with Crippen LogP contribution in [0.2, 0.25) is 0 Å². The summed E-state index contributed by atoms with van der Waals surface area (Å²) in [6.45, 7) is 4.64. The molecular formula is C18H29NO3. The van der Waals surface area contributed by atoms with Crippen molar-refractivity contribution >= 4 is 0 Å². The van der Waals surface area contributed by atoms with Crippen LogP contribution in [0.3, 0.4) is 0 Å². The zero-order chi connectivity index (χ0) is 15.8. The van der Waals surface area contributed by atoms with Gasteiger partial charge in [-0.2, -0.15) is 0 Å². The zero-order valence-corrected chi connectivity index (χ0v) is 13.6. The molecule has 0 aromatic heterocycles. The van der Waals surface area contributed by atoms with E-state index in [0.717, 1.165) is 32.2 Å². The van der Waals surface area contributed by atoms with Crippen LogP contribution in [0, 0.1) is 0 Å². The van der Waals surface area contributed by atoms with Gasteiger partial charge in [-0.25, -0.2) is 0 Å². The molecule has 1 aromatic rings. The summed E-state index contributed by atoms with van der Waals surface area (Å²) < 4.78 is 5.99. The van der Waals surface area contributed by atoms with Crippen LogP contribution in [0.5, 0.6) is 0 Å². The first-order chi connectivity index (χ1) is 10.7. The van der Waals surface area contributed by atoms with E-state index in [1.165, 1.54) is 11.1 Å². The summed E-state index contributed by atoms with van der Waals surface area (Å²) in [5.41, 5.74) is 2.66. The van der Waals surface area contributed by atoms with E-state index in [2.05, 4.69) is 36.1 Å². The van der Waals surface area contributed by atoms with E-state index in [-0.39, 0.29) is 12.7 Å². The minimum absolute atomic E-state index is 0.108. The maximum atomic E-state index is 10.2. The zero-order valence-electron chi connectivity index (χ0n) is 13.6. The number of benzene rings is 1. The molecule has 0 heterocycles. The summed E-state index contributed by atoms with van der Waals surface area (Å²) in [6, 6.07) is 8.45. The van der Waals surface area contributed by atoms with E-state index in [1.54, 1.807) is 0 Å². The summed E-state index contributed by atoms with van der Waals surface area (Å²) >= 11 is 0. The fourth-order valence-electron chi connectivity index (χ4n) is 3.21. The number of aryl methyl sites for hydroxylation is 1. The van der Waals surface area contributed by atoms with Gasteiger partial charge in [0.15, 0.2) is 0 Å². The molecule has 0 radical (unpaired) electrons. The summed E-state index contributed by atoms with van der Waals surface area (Å²) in [6.07, 6.45) is 3.91. The summed E-state index contributed by atoms with van der Waals surface area (Å²) in [5, 5.41) is 19.3. The average molecular weight is 307 g/mol. The van der Waals surface area contributed by atoms with Gasteiger partial charge in [-0.1, -0.05) is 31.2 Å². The van der Waals surface area contributed by atoms with Gasteiger partial charge in [0.25, 0.3) is 0 Å². The highest BCUT2D eigenvalue weighted by Gasteiger charge is 2.21. The first kappa shape index (κ1) is 17.4. The molecule has 124 valence electrons. The van der Waals surface area contributed by atoms with Gasteiger partial charge in [-0.15, -0.1) is 0 Å². The van der Waals surface area contributed by atoms with Crippen molar-refractivity contribution in [3.8, 4) is 0 Å². The number of hydrogen-bond donors (Lipinski definition) is 2. The van der Waals surface area contributed by atoms with Crippen LogP contribution in [-0.4, -0.2) is 54.1 Å². The lowest BCUT2D eigenvalue weighted by Crippen LogP contribution is -2.37. The molecule has 0 fully saturated rings. The van der Waals surface area contributed by atoms with Crippen molar-refractivity contribution in [1.82, 2.24) is 4.90 Å². The van der Waals surface area contributed by atoms with Gasteiger partial charge < -0.3 is 14.9 Å². The van der Waals surface area contributed by atoms with Gasteiger partial charge in [0.2, 0.25) is 0 Å². The monoisotopic (exact) mass is 307 g/mol. The Morgan fingerprint density at radius 1 is 1.32 bits per heavy atom. The predicted octanol–water partition coefficient (Wildman–Crippen LogP) is 2.15. The molecule has 0 aliphatic heterocycles. The highest BCUT2D eigenvalue weighted by molar-refractivity contribution is 5.31. The highest BCUT2D eigenvalue weighted by Crippen LogP contribution is 2.32. The fraction of sp³-hybridized carbons (Fsp3) is 0.667. The Hall–Kier alpha value is -0.940. The minimum Gasteiger partial charge on any atom is -0.395 e. The van der Waals surface area contributed by atoms with Crippen molar-refractivity contribution < 1.29 is 14.9 Å². The first-order valence-corrected chi connectivity index (χ1v) is 8.45. The van der Waals surface area contributed by atoms with Crippen molar-refractivity contribution in [2.45, 2.75) is 44.8 Å². The van der Waals surface area contributed by atoms with Gasteiger partial charge in [0.1, 0.15) is 0 Å². The molecule has 0 amide bonds. The Morgan fingerprint density at radius 3 is 2.91 bits per heavy atom. The van der Waals surface area contributed by atoms with Gasteiger partial charge in [0.05, 0.1) is 25.4 Å². The first-order valence-electron chi connectivity index (χ1n) is 8.45. The number of ether oxygens (including phenoxy) is 1. The second-order valence-electron chi connectivity index (χ2n) is 6.09. The van der Waals surface area contributed by atoms with Crippen molar-refractivity contribution in [3.05, 3.63) is 35.4 Å². The van der Waals surface area contributed by atoms with Crippen molar-refractivity contribution in [1.29, 1.82) is 0 Å². The van der Waals surface area contributed by atoms with Crippen LogP contribution in [0.1, 0.15) is 43.4 Å². The van der Waals surface area contributed by atoms with E-state index in [4.69, 9.17) is 9.84 Å². The molecule has 0 spiro atoms. The number of aliphatic hydroxyl groups is 2. The number of fused-ring (bicyclic) bond motifs is 1. The summed E-state index contributed by atoms with van der Waals surface area (Å²) in [7, 11) is 0. The van der Waals surface area contributed by atoms with Crippen LogP contribution in [0.25, 0.3) is 0 Å². The lowest BCUT2D eigenvalue weighted by molar-refractivity contribution is -0.0292. The molecule has 0 saturated carbocycles. The predicted molar refractivity (Wildman–Crippen MR) is 87.9 cm³/mol. The Labute approximate surface area is 133 Å². The number of hydrogen-bond acceptors (Lipinski definition) is 4. The molecule has 1 aromatic carbocycles. The van der Waals surface area contributed by atoms with Crippen molar-refractivity contribution in [3.63, 3.8) is 0 Å². The lowest BCUT2D eigenvalue weighted by Gasteiger charge is -2.28. The molecule has 0 saturated heterocycles. The molecule has 1 aliphatic carbocycles. The smallest absolute Gasteiger partial charge is 0.0900 e. The molecule has 0 unspecified atom stereocenters. The molecule has 0 bridgehead atoms. The largest absolute Gasteiger partial charge is 0.395 e. The molecule has 2 N–H and O–H groups in total. The van der Waals surface area contributed by atoms with E-state index in [9.17, 15) is 5.11 Å². The van der Waals surface area contributed by atoms with Gasteiger partial charge in [-0.3, -0.25) is 4.90 Å². The van der Waals surface area contributed by atoms with Crippen molar-refractivity contribution in [2.75, 3.05) is 32.8 Å². The Balaban J connectivity index is 1.82. The molecule has 2 rings (SSSR count). The molecule has 1 aliphatic rings. The second-order valence-corrected chi connectivity index (χ2v) is 6.09. The quantitative estimate of drug-likeness (QED) is 0.734. The highest BCUT2D eigenvalue weighted by atomic mass is 16.5. The second kappa shape index (κ2) is 9.26. The molecule has 4 heteroatoms. The third kappa shape index (κ3) is 5.06. The third-order valence-corrected chi connectivity index (χ3v) is 4.23. The average Bonchev–Trinajstić information content (AvgIpc) is 2.53. The van der Waals surface area contributed by atoms with Crippen LogP contribution in [0.15, 0.2) is 24.3 Å². The summed E-state index contributed by atoms with van der Waals surface area (Å²) in [4.78, 5) is 2.09. The van der Waals surface area contributed by atoms with Crippen LogP contribution in [0.4, 0.5) is 0 Å². The van der Waals surface area contributed by atoms with Gasteiger partial charge >= 0.3 is 0 Å². The van der Waals surface area contributed by atoms with Gasteiger partial charge in [0, 0.05) is 13.1 Å². The Morgan fingerprint density at radius 2 is 2.14 bits per heavy atom. The number of nitrogens with zero attached hydrogens (tertiary/aromatic N) is 1. The summed E-state index contributed by atoms with van der Waals surface area (Å²) in [5.74, 6) is 0. The third-order valence-electron chi connectivity index (χ3n) is 4.23. The van der Waals surface area contributed by atoms with E-state index in [0.29, 0.717) is 19.7 Å². The molecule has 2 atom stereocenters. The van der Waals surface area contributed by atoms with Crippen LogP contribution in [-0.2, 0) is 11.2 Å². The SMILES string of the molecule is CCCN(CCO)C[C@@H](O)CO[C@@H]1CCCc2ccccc21. The van der Waals surface area contributed by atoms with E-state index < -0.39 is 6.10 Å². The number of aliphatic hydroxyl groups excluding tert-OH is 2. The number of rotatable bonds is 9. The minimum atomic E-state index is -0.507. The van der Waals surface area contributed by atoms with Crippen LogP contribution < -0.4 is 0 Å². The Kier molecular flexibility index (Phi) is 7.33. The van der Waals surface area contributed by atoms with Gasteiger partial charge in [-0.05, 0) is 43.4 Å². The topological polar surface area (TPSA) is 52.9 Å². The van der Waals surface area contributed by atoms with Crippen molar-refractivity contribution in [2.24, 2.45) is 0 Å². The lowest BCUT2D eigenvalue weighted by atomic mass is 9.89. The fourth-order valence-corrected chi connectivity index (χ4v) is 3.21. The normalized spacial score (nSPS) is 19.2. The van der Waals surface area contributed by atoms with E-state index in [1.807, 2.05) is 0 Å². The van der Waals surface area contributed by atoms with Crippen LogP contribution >= 0.6 is 0 Å². The maximum Gasteiger partial charge on any atom is 0.0900 e. The van der Waals surface area contributed by atoms with E-state index >= 15 is 0 Å². The maximum absolute atomic E-state index is 10.2. The molecular weight excluding hydrogens is 278 g/mol. The molecule has 22 heavy (non-hydrogen) atoms. The Bertz CT molecular complexity index is 432. The molecule has 4 nitrogen and oxygen atoms in total. The standard InChI is InChI=1S/C18H29NO3/c1-2-10-19(11-12-20)13-16(21)14-22-18-9-5-7-15-6-3-4-8-17(15)18/h3-4,6,8,16,18,20-21H,2,5,7,9-14H2,1H3/t16-,18-/m1/s1.